The zero-order chi connectivity index (χ0) is 19.1. The number of thioether (sulfide) groups is 2. The first kappa shape index (κ1) is 18.4. The monoisotopic (exact) mass is 397 g/mol. The average molecular weight is 398 g/mol. The van der Waals surface area contributed by atoms with Crippen molar-refractivity contribution in [3.8, 4) is 0 Å². The Labute approximate surface area is 168 Å². The number of nitrogens with zero attached hydrogens (tertiary/aromatic N) is 3. The Hall–Kier alpha value is -1.93. The smallest absolute Gasteiger partial charge is 0.136 e. The first-order valence-corrected chi connectivity index (χ1v) is 10.9. The number of hydrogen-bond donors (Lipinski definition) is 2. The molecule has 2 aromatic carbocycles. The van der Waals surface area contributed by atoms with E-state index in [0.29, 0.717) is 0 Å². The first-order valence-electron chi connectivity index (χ1n) is 8.75. The molecule has 2 unspecified atom stereocenters. The van der Waals surface area contributed by atoms with E-state index in [-0.39, 0.29) is 11.7 Å². The number of rotatable bonds is 3. The van der Waals surface area contributed by atoms with Crippen LogP contribution in [0.25, 0.3) is 0 Å². The summed E-state index contributed by atoms with van der Waals surface area (Å²) >= 11 is 3.27. The summed E-state index contributed by atoms with van der Waals surface area (Å²) < 4.78 is 0. The number of aliphatic imine (C=N–C) groups is 1. The maximum Gasteiger partial charge on any atom is 0.136 e. The highest BCUT2D eigenvalue weighted by molar-refractivity contribution is 8.04. The van der Waals surface area contributed by atoms with E-state index >= 15 is 0 Å². The van der Waals surface area contributed by atoms with E-state index in [2.05, 4.69) is 72.5 Å². The highest BCUT2D eigenvalue weighted by atomic mass is 32.2. The van der Waals surface area contributed by atoms with Crippen molar-refractivity contribution in [1.29, 1.82) is 0 Å². The Balaban J connectivity index is 1.73. The van der Waals surface area contributed by atoms with Crippen LogP contribution < -0.4 is 21.3 Å². The van der Waals surface area contributed by atoms with E-state index in [1.165, 1.54) is 16.0 Å². The van der Waals surface area contributed by atoms with Crippen LogP contribution in [0.3, 0.4) is 0 Å². The number of hydrogen-bond acceptors (Lipinski definition) is 7. The van der Waals surface area contributed by atoms with Crippen LogP contribution in [0.2, 0.25) is 0 Å². The van der Waals surface area contributed by atoms with Crippen LogP contribution in [0.1, 0.15) is 11.1 Å². The second kappa shape index (κ2) is 7.24. The normalized spacial score (nSPS) is 21.8. The standard InChI is InChI=1S/C20H23N5S2/c1-12-5-4-6-13(2)16(12)25-17-18(21)24(11-23-19(17)27-20(25)22)14-7-9-15(26-3)10-8-14/h4-11,18,20H,21-22H2,1-3H3. The van der Waals surface area contributed by atoms with Crippen LogP contribution in [0.15, 0.2) is 63.1 Å². The van der Waals surface area contributed by atoms with Gasteiger partial charge in [-0.05, 0) is 55.5 Å². The molecule has 0 radical (unpaired) electrons. The topological polar surface area (TPSA) is 70.9 Å². The van der Waals surface area contributed by atoms with Crippen LogP contribution in [0.4, 0.5) is 11.4 Å². The summed E-state index contributed by atoms with van der Waals surface area (Å²) in [5, 5.41) is 0.898. The summed E-state index contributed by atoms with van der Waals surface area (Å²) in [6.45, 7) is 4.21. The number of benzene rings is 2. The third-order valence-corrected chi connectivity index (χ3v) is 6.63. The zero-order valence-corrected chi connectivity index (χ0v) is 17.2. The van der Waals surface area contributed by atoms with Gasteiger partial charge in [0, 0.05) is 16.3 Å². The SMILES string of the molecule is CSc1ccc(N2C=NC3=C(C2N)N(c2c(C)cccc2C)C(N)S3)cc1. The van der Waals surface area contributed by atoms with Crippen molar-refractivity contribution in [1.82, 2.24) is 0 Å². The molecule has 4 N–H and O–H groups in total. The van der Waals surface area contributed by atoms with Gasteiger partial charge in [-0.25, -0.2) is 4.99 Å². The second-order valence-electron chi connectivity index (χ2n) is 6.60. The fourth-order valence-corrected chi connectivity index (χ4v) is 4.98. The van der Waals surface area contributed by atoms with E-state index in [1.54, 1.807) is 23.5 Å². The molecule has 0 fully saturated rings. The van der Waals surface area contributed by atoms with E-state index in [1.807, 2.05) is 11.2 Å². The lowest BCUT2D eigenvalue weighted by Crippen LogP contribution is -2.50. The second-order valence-corrected chi connectivity index (χ2v) is 8.59. The Bertz CT molecular complexity index is 902. The summed E-state index contributed by atoms with van der Waals surface area (Å²) in [5.41, 5.74) is 18.4. The Kier molecular flexibility index (Phi) is 4.94. The minimum Gasteiger partial charge on any atom is -0.314 e. The lowest BCUT2D eigenvalue weighted by Gasteiger charge is -2.36. The molecule has 0 amide bonds. The predicted octanol–water partition coefficient (Wildman–Crippen LogP) is 3.82. The molecular weight excluding hydrogens is 374 g/mol. The molecule has 2 heterocycles. The molecular formula is C20H23N5S2. The Morgan fingerprint density at radius 1 is 1.04 bits per heavy atom. The van der Waals surface area contributed by atoms with E-state index < -0.39 is 0 Å². The number of anilines is 2. The van der Waals surface area contributed by atoms with Crippen molar-refractivity contribution in [3.05, 3.63) is 64.3 Å². The molecule has 27 heavy (non-hydrogen) atoms. The number of para-hydroxylation sites is 1. The fraction of sp³-hybridized carbons (Fsp3) is 0.250. The van der Waals surface area contributed by atoms with Crippen molar-refractivity contribution in [2.45, 2.75) is 30.4 Å². The van der Waals surface area contributed by atoms with Crippen LogP contribution in [-0.4, -0.2) is 24.3 Å². The summed E-state index contributed by atoms with van der Waals surface area (Å²) in [6.07, 6.45) is 3.53. The molecule has 140 valence electrons. The van der Waals surface area contributed by atoms with Gasteiger partial charge in [-0.2, -0.15) is 0 Å². The van der Waals surface area contributed by atoms with Gasteiger partial charge in [0.05, 0.1) is 12.0 Å². The summed E-state index contributed by atoms with van der Waals surface area (Å²) in [5.74, 6) is 0. The Morgan fingerprint density at radius 2 is 1.70 bits per heavy atom. The molecule has 0 bridgehead atoms. The molecule has 2 aliphatic rings. The van der Waals surface area contributed by atoms with Crippen molar-refractivity contribution in [2.75, 3.05) is 16.1 Å². The van der Waals surface area contributed by atoms with Crippen LogP contribution in [0, 0.1) is 13.8 Å². The summed E-state index contributed by atoms with van der Waals surface area (Å²) in [7, 11) is 0. The van der Waals surface area contributed by atoms with Crippen LogP contribution in [0.5, 0.6) is 0 Å². The highest BCUT2D eigenvalue weighted by Gasteiger charge is 2.39. The molecule has 0 aliphatic carbocycles. The van der Waals surface area contributed by atoms with E-state index in [0.717, 1.165) is 22.1 Å². The zero-order valence-electron chi connectivity index (χ0n) is 15.6. The van der Waals surface area contributed by atoms with Crippen molar-refractivity contribution in [3.63, 3.8) is 0 Å². The maximum absolute atomic E-state index is 6.72. The van der Waals surface area contributed by atoms with E-state index in [4.69, 9.17) is 11.5 Å². The molecule has 2 atom stereocenters. The molecule has 0 aromatic heterocycles. The van der Waals surface area contributed by atoms with Crippen LogP contribution in [-0.2, 0) is 0 Å². The summed E-state index contributed by atoms with van der Waals surface area (Å²) in [6, 6.07) is 14.6. The molecule has 4 rings (SSSR count). The van der Waals surface area contributed by atoms with Gasteiger partial charge in [-0.1, -0.05) is 30.0 Å². The van der Waals surface area contributed by atoms with Gasteiger partial charge < -0.3 is 21.3 Å². The molecule has 0 spiro atoms. The van der Waals surface area contributed by atoms with E-state index in [9.17, 15) is 0 Å². The van der Waals surface area contributed by atoms with Gasteiger partial charge in [0.25, 0.3) is 0 Å². The lowest BCUT2D eigenvalue weighted by molar-refractivity contribution is 0.721. The van der Waals surface area contributed by atoms with Gasteiger partial charge >= 0.3 is 0 Å². The minimum absolute atomic E-state index is 0.239. The van der Waals surface area contributed by atoms with Crippen LogP contribution >= 0.6 is 23.5 Å². The van der Waals surface area contributed by atoms with Crippen molar-refractivity contribution < 1.29 is 0 Å². The predicted molar refractivity (Wildman–Crippen MR) is 118 cm³/mol. The van der Waals surface area contributed by atoms with Crippen molar-refractivity contribution in [2.24, 2.45) is 16.5 Å². The fourth-order valence-electron chi connectivity index (χ4n) is 3.57. The largest absolute Gasteiger partial charge is 0.314 e. The van der Waals surface area contributed by atoms with Gasteiger partial charge in [0.2, 0.25) is 0 Å². The number of aryl methyl sites for hydroxylation is 2. The van der Waals surface area contributed by atoms with Gasteiger partial charge in [-0.15, -0.1) is 11.8 Å². The average Bonchev–Trinajstić information content (AvgIpc) is 2.99. The Morgan fingerprint density at radius 3 is 2.33 bits per heavy atom. The first-order chi connectivity index (χ1) is 13.0. The van der Waals surface area contributed by atoms with Gasteiger partial charge in [0.1, 0.15) is 16.7 Å². The molecule has 2 aliphatic heterocycles. The van der Waals surface area contributed by atoms with Gasteiger partial charge in [-0.3, -0.25) is 0 Å². The quantitative estimate of drug-likeness (QED) is 0.767. The highest BCUT2D eigenvalue weighted by Crippen LogP contribution is 2.45. The minimum atomic E-state index is -0.349. The van der Waals surface area contributed by atoms with Crippen molar-refractivity contribution >= 4 is 41.2 Å². The summed E-state index contributed by atoms with van der Waals surface area (Å²) in [4.78, 5) is 10.0. The molecule has 5 nitrogen and oxygen atoms in total. The number of nitrogens with two attached hydrogens (primary N) is 2. The third-order valence-electron chi connectivity index (χ3n) is 4.90. The van der Waals surface area contributed by atoms with Gasteiger partial charge in [0.15, 0.2) is 0 Å². The molecule has 7 heteroatoms. The molecule has 0 saturated carbocycles. The maximum atomic E-state index is 6.72. The molecule has 0 saturated heterocycles. The third kappa shape index (κ3) is 3.14. The molecule has 2 aromatic rings. The lowest BCUT2D eigenvalue weighted by atomic mass is 10.1.